The first-order valence-corrected chi connectivity index (χ1v) is 6.54. The summed E-state index contributed by atoms with van der Waals surface area (Å²) < 4.78 is 19.0. The number of carbonyl (C=O) groups excluding carboxylic acids is 1. The summed E-state index contributed by atoms with van der Waals surface area (Å²) in [4.78, 5) is 12.3. The van der Waals surface area contributed by atoms with E-state index in [-0.39, 0.29) is 22.8 Å². The molecule has 0 aromatic heterocycles. The van der Waals surface area contributed by atoms with Crippen LogP contribution in [-0.4, -0.2) is 12.9 Å². The number of ketones is 1. The van der Waals surface area contributed by atoms with Crippen molar-refractivity contribution in [2.45, 2.75) is 12.5 Å². The molecule has 0 fully saturated rings. The summed E-state index contributed by atoms with van der Waals surface area (Å²) in [5.74, 6) is -0.759. The zero-order valence-electron chi connectivity index (χ0n) is 11.0. The van der Waals surface area contributed by atoms with Gasteiger partial charge < -0.3 is 4.74 Å². The summed E-state index contributed by atoms with van der Waals surface area (Å²) in [5.41, 5.74) is 1.03. The summed E-state index contributed by atoms with van der Waals surface area (Å²) in [6, 6.07) is 13.8. The Morgan fingerprint density at radius 3 is 2.55 bits per heavy atom. The molecule has 0 aliphatic heterocycles. The van der Waals surface area contributed by atoms with Crippen LogP contribution in [0.1, 0.15) is 17.2 Å². The molecule has 0 saturated heterocycles. The fourth-order valence-electron chi connectivity index (χ4n) is 2.05. The first kappa shape index (κ1) is 14.7. The molecule has 1 unspecified atom stereocenters. The van der Waals surface area contributed by atoms with E-state index in [4.69, 9.17) is 16.3 Å². The predicted molar refractivity (Wildman–Crippen MR) is 76.3 cm³/mol. The first-order chi connectivity index (χ1) is 9.63. The highest BCUT2D eigenvalue weighted by molar-refractivity contribution is 6.30. The number of methoxy groups -OCH3 is 1. The Balaban J connectivity index is 2.20. The van der Waals surface area contributed by atoms with Gasteiger partial charge in [-0.05, 0) is 17.2 Å². The lowest BCUT2D eigenvalue weighted by molar-refractivity contribution is -0.128. The molecule has 0 aliphatic rings. The Morgan fingerprint density at radius 1 is 1.20 bits per heavy atom. The van der Waals surface area contributed by atoms with Crippen LogP contribution in [-0.2, 0) is 16.0 Å². The number of halogens is 2. The van der Waals surface area contributed by atoms with E-state index in [0.717, 1.165) is 5.56 Å². The van der Waals surface area contributed by atoms with Gasteiger partial charge in [0.15, 0.2) is 5.78 Å². The van der Waals surface area contributed by atoms with Gasteiger partial charge in [0.2, 0.25) is 0 Å². The lowest BCUT2D eigenvalue weighted by Gasteiger charge is -2.15. The first-order valence-electron chi connectivity index (χ1n) is 6.17. The summed E-state index contributed by atoms with van der Waals surface area (Å²) in [5, 5.41) is 0.0176. The molecule has 2 aromatic rings. The quantitative estimate of drug-likeness (QED) is 0.833. The van der Waals surface area contributed by atoms with Crippen molar-refractivity contribution < 1.29 is 13.9 Å². The average molecular weight is 293 g/mol. The van der Waals surface area contributed by atoms with Gasteiger partial charge in [0.25, 0.3) is 0 Å². The van der Waals surface area contributed by atoms with Crippen LogP contribution in [0.5, 0.6) is 0 Å². The zero-order chi connectivity index (χ0) is 14.5. The van der Waals surface area contributed by atoms with Crippen molar-refractivity contribution in [1.82, 2.24) is 0 Å². The van der Waals surface area contributed by atoms with Crippen LogP contribution < -0.4 is 0 Å². The predicted octanol–water partition coefficient (Wildman–Crippen LogP) is 3.98. The second-order valence-electron chi connectivity index (χ2n) is 4.38. The van der Waals surface area contributed by atoms with Gasteiger partial charge in [-0.25, -0.2) is 4.39 Å². The number of ether oxygens (including phenoxy) is 1. The van der Waals surface area contributed by atoms with E-state index in [1.807, 2.05) is 18.2 Å². The van der Waals surface area contributed by atoms with Gasteiger partial charge in [0.1, 0.15) is 11.9 Å². The minimum atomic E-state index is -0.699. The molecule has 2 aromatic carbocycles. The van der Waals surface area contributed by atoms with E-state index in [9.17, 15) is 9.18 Å². The second-order valence-corrected chi connectivity index (χ2v) is 4.79. The van der Waals surface area contributed by atoms with E-state index in [1.54, 1.807) is 24.3 Å². The molecule has 1 atom stereocenters. The fourth-order valence-corrected chi connectivity index (χ4v) is 2.24. The largest absolute Gasteiger partial charge is 0.369 e. The number of benzene rings is 2. The molecule has 0 saturated carbocycles. The molecule has 0 radical (unpaired) electrons. The van der Waals surface area contributed by atoms with Crippen molar-refractivity contribution in [3.63, 3.8) is 0 Å². The molecule has 2 rings (SSSR count). The van der Waals surface area contributed by atoms with Crippen LogP contribution in [0.3, 0.4) is 0 Å². The molecule has 0 amide bonds. The molecule has 0 aliphatic carbocycles. The molecule has 0 N–H and O–H groups in total. The third-order valence-electron chi connectivity index (χ3n) is 3.03. The summed E-state index contributed by atoms with van der Waals surface area (Å²) in [6.45, 7) is 0. The van der Waals surface area contributed by atoms with E-state index >= 15 is 0 Å². The SMILES string of the molecule is COC(C(=O)Cc1cccc(Cl)c1F)c1ccccc1. The Bertz CT molecular complexity index is 599. The normalized spacial score (nSPS) is 12.2. The molecule has 20 heavy (non-hydrogen) atoms. The van der Waals surface area contributed by atoms with Crippen LogP contribution in [0.15, 0.2) is 48.5 Å². The van der Waals surface area contributed by atoms with Gasteiger partial charge >= 0.3 is 0 Å². The minimum absolute atomic E-state index is 0.0176. The van der Waals surface area contributed by atoms with Crippen molar-refractivity contribution in [3.05, 3.63) is 70.5 Å². The fraction of sp³-hybridized carbons (Fsp3) is 0.188. The number of carbonyl (C=O) groups is 1. The van der Waals surface area contributed by atoms with Crippen molar-refractivity contribution in [2.24, 2.45) is 0 Å². The summed E-state index contributed by atoms with van der Waals surface area (Å²) in [6.07, 6.45) is -0.755. The lowest BCUT2D eigenvalue weighted by Crippen LogP contribution is -2.17. The molecule has 0 heterocycles. The Kier molecular flexibility index (Phi) is 4.88. The third kappa shape index (κ3) is 3.24. The number of rotatable bonds is 5. The minimum Gasteiger partial charge on any atom is -0.369 e. The maximum Gasteiger partial charge on any atom is 0.170 e. The van der Waals surface area contributed by atoms with Crippen molar-refractivity contribution in [3.8, 4) is 0 Å². The van der Waals surface area contributed by atoms with Crippen LogP contribution in [0.4, 0.5) is 4.39 Å². The number of Topliss-reactive ketones (excluding diaryl/α,β-unsaturated/α-hetero) is 1. The van der Waals surface area contributed by atoms with Crippen molar-refractivity contribution >= 4 is 17.4 Å². The highest BCUT2D eigenvalue weighted by atomic mass is 35.5. The molecule has 0 spiro atoms. The van der Waals surface area contributed by atoms with Crippen LogP contribution >= 0.6 is 11.6 Å². The standard InChI is InChI=1S/C16H14ClFO2/c1-20-16(11-6-3-2-4-7-11)14(19)10-12-8-5-9-13(17)15(12)18/h2-9,16H,10H2,1H3. The average Bonchev–Trinajstić information content (AvgIpc) is 2.46. The smallest absolute Gasteiger partial charge is 0.170 e. The van der Waals surface area contributed by atoms with Crippen LogP contribution in [0.2, 0.25) is 5.02 Å². The van der Waals surface area contributed by atoms with E-state index in [2.05, 4.69) is 0 Å². The van der Waals surface area contributed by atoms with Gasteiger partial charge in [0, 0.05) is 13.5 Å². The van der Waals surface area contributed by atoms with Gasteiger partial charge in [0.05, 0.1) is 5.02 Å². The second kappa shape index (κ2) is 6.64. The van der Waals surface area contributed by atoms with E-state index < -0.39 is 11.9 Å². The van der Waals surface area contributed by atoms with Gasteiger partial charge in [-0.1, -0.05) is 54.1 Å². The summed E-state index contributed by atoms with van der Waals surface area (Å²) in [7, 11) is 1.46. The Hall–Kier alpha value is -1.71. The maximum atomic E-state index is 13.8. The monoisotopic (exact) mass is 292 g/mol. The number of hydrogen-bond acceptors (Lipinski definition) is 2. The van der Waals surface area contributed by atoms with Crippen LogP contribution in [0.25, 0.3) is 0 Å². The molecule has 104 valence electrons. The topological polar surface area (TPSA) is 26.3 Å². The summed E-state index contributed by atoms with van der Waals surface area (Å²) >= 11 is 5.71. The van der Waals surface area contributed by atoms with Gasteiger partial charge in [-0.15, -0.1) is 0 Å². The maximum absolute atomic E-state index is 13.8. The molecule has 4 heteroatoms. The third-order valence-corrected chi connectivity index (χ3v) is 3.32. The van der Waals surface area contributed by atoms with Gasteiger partial charge in [-0.3, -0.25) is 4.79 Å². The Labute approximate surface area is 122 Å². The van der Waals surface area contributed by atoms with E-state index in [0.29, 0.717) is 0 Å². The van der Waals surface area contributed by atoms with Crippen LogP contribution in [0, 0.1) is 5.82 Å². The number of hydrogen-bond donors (Lipinski definition) is 0. The molecule has 0 bridgehead atoms. The van der Waals surface area contributed by atoms with Gasteiger partial charge in [-0.2, -0.15) is 0 Å². The Morgan fingerprint density at radius 2 is 1.90 bits per heavy atom. The highest BCUT2D eigenvalue weighted by Crippen LogP contribution is 2.23. The highest BCUT2D eigenvalue weighted by Gasteiger charge is 2.21. The van der Waals surface area contributed by atoms with E-state index in [1.165, 1.54) is 13.2 Å². The van der Waals surface area contributed by atoms with Crippen molar-refractivity contribution in [2.75, 3.05) is 7.11 Å². The molecule has 2 nitrogen and oxygen atoms in total. The molecular formula is C16H14ClFO2. The molecular weight excluding hydrogens is 279 g/mol. The van der Waals surface area contributed by atoms with Crippen molar-refractivity contribution in [1.29, 1.82) is 0 Å². The lowest BCUT2D eigenvalue weighted by atomic mass is 9.99. The zero-order valence-corrected chi connectivity index (χ0v) is 11.7.